The van der Waals surface area contributed by atoms with E-state index in [0.717, 1.165) is 5.92 Å². The van der Waals surface area contributed by atoms with E-state index in [1.54, 1.807) is 0 Å². The molecule has 3 atom stereocenters. The molecule has 2 aliphatic rings. The molecule has 1 aliphatic carbocycles. The zero-order valence-electron chi connectivity index (χ0n) is 11.5. The van der Waals surface area contributed by atoms with Gasteiger partial charge in [0.25, 0.3) is 0 Å². The van der Waals surface area contributed by atoms with Crippen LogP contribution in [0.1, 0.15) is 53.9 Å². The van der Waals surface area contributed by atoms with Crippen LogP contribution in [0.25, 0.3) is 0 Å². The lowest BCUT2D eigenvalue weighted by Crippen LogP contribution is -2.39. The summed E-state index contributed by atoms with van der Waals surface area (Å²) in [4.78, 5) is 0. The normalized spacial score (nSPS) is 43.7. The number of hydrogen-bond acceptors (Lipinski definition) is 2. The van der Waals surface area contributed by atoms with Crippen LogP contribution in [0.4, 0.5) is 0 Å². The van der Waals surface area contributed by atoms with Crippen LogP contribution in [0.3, 0.4) is 0 Å². The second-order valence-corrected chi connectivity index (χ2v) is 7.06. The molecule has 1 aliphatic heterocycles. The fraction of sp³-hybridized carbons (Fsp3) is 1.00. The Morgan fingerprint density at radius 3 is 2.19 bits per heavy atom. The molecule has 3 unspecified atom stereocenters. The Morgan fingerprint density at radius 1 is 1.12 bits per heavy atom. The maximum Gasteiger partial charge on any atom is 0.0556 e. The Morgan fingerprint density at radius 2 is 1.69 bits per heavy atom. The van der Waals surface area contributed by atoms with Gasteiger partial charge in [-0.1, -0.05) is 0 Å². The molecule has 2 nitrogen and oxygen atoms in total. The molecule has 16 heavy (non-hydrogen) atoms. The second-order valence-electron chi connectivity index (χ2n) is 7.06. The first-order valence-electron chi connectivity index (χ1n) is 6.71. The van der Waals surface area contributed by atoms with Crippen LogP contribution in [-0.2, 0) is 4.74 Å². The fourth-order valence-electron chi connectivity index (χ4n) is 3.37. The van der Waals surface area contributed by atoms with Crippen molar-refractivity contribution in [3.63, 3.8) is 0 Å². The van der Waals surface area contributed by atoms with Crippen LogP contribution in [-0.4, -0.2) is 24.3 Å². The van der Waals surface area contributed by atoms with Gasteiger partial charge in [0.1, 0.15) is 0 Å². The second kappa shape index (κ2) is 3.99. The van der Waals surface area contributed by atoms with E-state index in [2.05, 4.69) is 39.9 Å². The quantitative estimate of drug-likeness (QED) is 0.780. The van der Waals surface area contributed by atoms with Crippen molar-refractivity contribution in [2.24, 2.45) is 11.3 Å². The largest absolute Gasteiger partial charge is 0.376 e. The van der Waals surface area contributed by atoms with E-state index in [4.69, 9.17) is 4.74 Å². The Bertz CT molecular complexity index is 246. The summed E-state index contributed by atoms with van der Waals surface area (Å²) in [6, 6.07) is 0. The van der Waals surface area contributed by atoms with E-state index in [9.17, 15) is 0 Å². The molecule has 2 heteroatoms. The molecule has 0 bridgehead atoms. The minimum Gasteiger partial charge on any atom is -0.376 e. The molecule has 2 rings (SSSR count). The van der Waals surface area contributed by atoms with Gasteiger partial charge in [-0.15, -0.1) is 0 Å². The summed E-state index contributed by atoms with van der Waals surface area (Å²) in [5.74, 6) is 0.889. The molecule has 1 saturated carbocycles. The molecule has 0 aromatic rings. The molecule has 0 aromatic carbocycles. The molecule has 94 valence electrons. The minimum atomic E-state index is 0.256. The zero-order chi connectivity index (χ0) is 12.0. The molecular formula is C14H27NO. The lowest BCUT2D eigenvalue weighted by molar-refractivity contribution is -0.0626. The molecule has 1 N–H and O–H groups in total. The van der Waals surface area contributed by atoms with Crippen LogP contribution in [0.15, 0.2) is 0 Å². The van der Waals surface area contributed by atoms with E-state index < -0.39 is 0 Å². The van der Waals surface area contributed by atoms with Crippen LogP contribution in [0.2, 0.25) is 0 Å². The lowest BCUT2D eigenvalue weighted by Gasteiger charge is -2.33. The summed E-state index contributed by atoms with van der Waals surface area (Å²) < 4.78 is 5.84. The van der Waals surface area contributed by atoms with Gasteiger partial charge in [-0.2, -0.15) is 0 Å². The smallest absolute Gasteiger partial charge is 0.0556 e. The molecule has 1 spiro atoms. The first kappa shape index (κ1) is 12.4. The Labute approximate surface area is 100 Å². The summed E-state index contributed by atoms with van der Waals surface area (Å²) in [5.41, 5.74) is 0.877. The maximum atomic E-state index is 5.84. The van der Waals surface area contributed by atoms with Gasteiger partial charge in [-0.3, -0.25) is 0 Å². The van der Waals surface area contributed by atoms with Crippen molar-refractivity contribution in [1.29, 1.82) is 0 Å². The van der Waals surface area contributed by atoms with Gasteiger partial charge in [-0.25, -0.2) is 0 Å². The van der Waals surface area contributed by atoms with Crippen LogP contribution in [0, 0.1) is 11.3 Å². The van der Waals surface area contributed by atoms with Crippen molar-refractivity contribution in [2.75, 3.05) is 6.54 Å². The van der Waals surface area contributed by atoms with E-state index in [1.807, 2.05) is 0 Å². The highest BCUT2D eigenvalue weighted by atomic mass is 16.5. The fourth-order valence-corrected chi connectivity index (χ4v) is 3.37. The van der Waals surface area contributed by atoms with Crippen molar-refractivity contribution < 1.29 is 4.74 Å². The first-order valence-corrected chi connectivity index (χ1v) is 6.71. The van der Waals surface area contributed by atoms with Crippen molar-refractivity contribution >= 4 is 0 Å². The van der Waals surface area contributed by atoms with Gasteiger partial charge in [0, 0.05) is 5.54 Å². The average molecular weight is 225 g/mol. The van der Waals surface area contributed by atoms with E-state index >= 15 is 0 Å². The number of rotatable bonds is 2. The predicted octanol–water partition coefficient (Wildman–Crippen LogP) is 2.97. The first-order chi connectivity index (χ1) is 7.31. The molecule has 0 amide bonds. The van der Waals surface area contributed by atoms with Crippen LogP contribution < -0.4 is 5.32 Å². The summed E-state index contributed by atoms with van der Waals surface area (Å²) >= 11 is 0. The SMILES string of the molecule is CC1CC2(CC(C)O1)CC2CNC(C)(C)C. The molecule has 1 heterocycles. The summed E-state index contributed by atoms with van der Waals surface area (Å²) in [6.45, 7) is 12.4. The summed E-state index contributed by atoms with van der Waals surface area (Å²) in [7, 11) is 0. The van der Waals surface area contributed by atoms with Gasteiger partial charge in [0.05, 0.1) is 12.2 Å². The average Bonchev–Trinajstić information content (AvgIpc) is 2.71. The topological polar surface area (TPSA) is 21.3 Å². The standard InChI is InChI=1S/C14H27NO/c1-10-6-14(7-11(2)16-10)8-12(14)9-15-13(3,4)5/h10-12,15H,6-9H2,1-5H3. The monoisotopic (exact) mass is 225 g/mol. The van der Waals surface area contributed by atoms with Gasteiger partial charge in [0.15, 0.2) is 0 Å². The van der Waals surface area contributed by atoms with Crippen LogP contribution in [0.5, 0.6) is 0 Å². The van der Waals surface area contributed by atoms with Crippen molar-refractivity contribution in [1.82, 2.24) is 5.32 Å². The van der Waals surface area contributed by atoms with E-state index in [-0.39, 0.29) is 5.54 Å². The number of hydrogen-bond donors (Lipinski definition) is 1. The molecule has 1 saturated heterocycles. The van der Waals surface area contributed by atoms with Gasteiger partial charge >= 0.3 is 0 Å². The highest BCUT2D eigenvalue weighted by Crippen LogP contribution is 2.61. The molecule has 2 fully saturated rings. The lowest BCUT2D eigenvalue weighted by atomic mass is 9.87. The highest BCUT2D eigenvalue weighted by molar-refractivity contribution is 5.06. The van der Waals surface area contributed by atoms with Gasteiger partial charge < -0.3 is 10.1 Å². The van der Waals surface area contributed by atoms with E-state index in [1.165, 1.54) is 25.8 Å². The molecule has 0 aromatic heterocycles. The Balaban J connectivity index is 1.84. The number of ether oxygens (including phenoxy) is 1. The van der Waals surface area contributed by atoms with Crippen molar-refractivity contribution in [3.05, 3.63) is 0 Å². The van der Waals surface area contributed by atoms with Crippen molar-refractivity contribution in [2.45, 2.75) is 71.6 Å². The molecule has 0 radical (unpaired) electrons. The highest BCUT2D eigenvalue weighted by Gasteiger charge is 2.56. The van der Waals surface area contributed by atoms with Gasteiger partial charge in [0.2, 0.25) is 0 Å². The third-order valence-corrected chi connectivity index (χ3v) is 4.09. The Hall–Kier alpha value is -0.0800. The summed E-state index contributed by atoms with van der Waals surface area (Å²) in [6.07, 6.45) is 4.88. The minimum absolute atomic E-state index is 0.256. The Kier molecular flexibility index (Phi) is 3.09. The summed E-state index contributed by atoms with van der Waals surface area (Å²) in [5, 5.41) is 3.64. The third kappa shape index (κ3) is 2.78. The van der Waals surface area contributed by atoms with Crippen molar-refractivity contribution in [3.8, 4) is 0 Å². The maximum absolute atomic E-state index is 5.84. The number of nitrogens with one attached hydrogen (secondary N) is 1. The molecular weight excluding hydrogens is 198 g/mol. The zero-order valence-corrected chi connectivity index (χ0v) is 11.5. The van der Waals surface area contributed by atoms with E-state index in [0.29, 0.717) is 17.6 Å². The van der Waals surface area contributed by atoms with Crippen LogP contribution >= 0.6 is 0 Å². The van der Waals surface area contributed by atoms with Gasteiger partial charge in [-0.05, 0) is 71.8 Å². The predicted molar refractivity (Wildman–Crippen MR) is 67.5 cm³/mol. The third-order valence-electron chi connectivity index (χ3n) is 4.09.